The zero-order valence-corrected chi connectivity index (χ0v) is 19.0. The summed E-state index contributed by atoms with van der Waals surface area (Å²) in [7, 11) is 0. The van der Waals surface area contributed by atoms with Gasteiger partial charge in [-0.05, 0) is 58.9 Å². The monoisotopic (exact) mass is 452 g/mol. The van der Waals surface area contributed by atoms with E-state index < -0.39 is 0 Å². The number of benzene rings is 3. The van der Waals surface area contributed by atoms with Crippen molar-refractivity contribution in [3.8, 4) is 0 Å². The molecule has 2 nitrogen and oxygen atoms in total. The zero-order valence-electron chi connectivity index (χ0n) is 17.4. The van der Waals surface area contributed by atoms with Crippen LogP contribution in [0.2, 0.25) is 5.02 Å². The van der Waals surface area contributed by atoms with Crippen LogP contribution in [0.5, 0.6) is 0 Å². The molecule has 156 valence electrons. The second-order valence-electron chi connectivity index (χ2n) is 8.16. The van der Waals surface area contributed by atoms with E-state index in [1.807, 2.05) is 12.1 Å². The summed E-state index contributed by atoms with van der Waals surface area (Å²) in [5, 5.41) is 4.02. The lowest BCUT2D eigenvalue weighted by molar-refractivity contribution is 0.476. The molecule has 32 heavy (non-hydrogen) atoms. The maximum absolute atomic E-state index is 6.16. The number of aliphatic imine (C=N–C) groups is 1. The van der Waals surface area contributed by atoms with Gasteiger partial charge in [0.25, 0.3) is 0 Å². The molecule has 6 rings (SSSR count). The van der Waals surface area contributed by atoms with Crippen LogP contribution in [0.4, 0.5) is 0 Å². The third-order valence-corrected chi connectivity index (χ3v) is 7.30. The highest BCUT2D eigenvalue weighted by atomic mass is 35.5. The van der Waals surface area contributed by atoms with Gasteiger partial charge in [-0.1, -0.05) is 96.2 Å². The predicted molar refractivity (Wildman–Crippen MR) is 136 cm³/mol. The van der Waals surface area contributed by atoms with Gasteiger partial charge >= 0.3 is 0 Å². The average Bonchev–Trinajstić information content (AvgIpc) is 3.44. The molecular weight excluding hydrogens is 432 g/mol. The van der Waals surface area contributed by atoms with Gasteiger partial charge < -0.3 is 4.90 Å². The molecule has 0 bridgehead atoms. The van der Waals surface area contributed by atoms with E-state index in [4.69, 9.17) is 16.6 Å². The fourth-order valence-electron chi connectivity index (χ4n) is 4.73. The summed E-state index contributed by atoms with van der Waals surface area (Å²) in [5.41, 5.74) is 8.79. The Labute approximate surface area is 197 Å². The van der Waals surface area contributed by atoms with Gasteiger partial charge in [0.15, 0.2) is 5.17 Å². The Morgan fingerprint density at radius 1 is 0.875 bits per heavy atom. The van der Waals surface area contributed by atoms with Crippen molar-refractivity contribution in [2.75, 3.05) is 0 Å². The molecule has 0 amide bonds. The number of allylic oxidation sites excluding steroid dienone is 1. The van der Waals surface area contributed by atoms with E-state index in [0.717, 1.165) is 28.6 Å². The molecule has 4 heteroatoms. The molecule has 0 spiro atoms. The van der Waals surface area contributed by atoms with Crippen molar-refractivity contribution >= 4 is 40.3 Å². The summed E-state index contributed by atoms with van der Waals surface area (Å²) in [6.07, 6.45) is 4.36. The van der Waals surface area contributed by atoms with Crippen molar-refractivity contribution in [2.24, 2.45) is 4.99 Å². The summed E-state index contributed by atoms with van der Waals surface area (Å²) in [4.78, 5) is 7.60. The Bertz CT molecular complexity index is 1290. The molecular formula is C28H21ClN2S. The third-order valence-electron chi connectivity index (χ3n) is 6.21. The van der Waals surface area contributed by atoms with E-state index in [-0.39, 0.29) is 6.04 Å². The first-order valence-electron chi connectivity index (χ1n) is 10.8. The van der Waals surface area contributed by atoms with Crippen molar-refractivity contribution in [1.82, 2.24) is 4.90 Å². The van der Waals surface area contributed by atoms with E-state index in [9.17, 15) is 0 Å². The molecule has 0 aromatic heterocycles. The Balaban J connectivity index is 1.47. The smallest absolute Gasteiger partial charge is 0.174 e. The summed E-state index contributed by atoms with van der Waals surface area (Å²) in [6, 6.07) is 29.6. The van der Waals surface area contributed by atoms with Crippen molar-refractivity contribution in [1.29, 1.82) is 0 Å². The molecule has 3 aromatic carbocycles. The molecule has 3 aromatic rings. The average molecular weight is 453 g/mol. The van der Waals surface area contributed by atoms with E-state index in [1.165, 1.54) is 33.7 Å². The van der Waals surface area contributed by atoms with Crippen LogP contribution in [0.3, 0.4) is 0 Å². The maximum atomic E-state index is 6.16. The highest BCUT2D eigenvalue weighted by molar-refractivity contribution is 8.16. The summed E-state index contributed by atoms with van der Waals surface area (Å²) in [6.45, 7) is 0. The first-order valence-corrected chi connectivity index (χ1v) is 12.1. The normalized spacial score (nSPS) is 20.8. The van der Waals surface area contributed by atoms with Gasteiger partial charge in [-0.25, -0.2) is 4.99 Å². The summed E-state index contributed by atoms with van der Waals surface area (Å²) < 4.78 is 0. The largest absolute Gasteiger partial charge is 0.308 e. The van der Waals surface area contributed by atoms with Gasteiger partial charge in [-0.2, -0.15) is 0 Å². The van der Waals surface area contributed by atoms with Gasteiger partial charge in [-0.15, -0.1) is 0 Å². The van der Waals surface area contributed by atoms with Crippen LogP contribution in [0.25, 0.3) is 11.8 Å². The Kier molecular flexibility index (Phi) is 5.01. The van der Waals surface area contributed by atoms with Gasteiger partial charge in [0.05, 0.1) is 17.4 Å². The van der Waals surface area contributed by atoms with E-state index >= 15 is 0 Å². The Morgan fingerprint density at radius 2 is 1.59 bits per heavy atom. The fourth-order valence-corrected chi connectivity index (χ4v) is 5.79. The first-order chi connectivity index (χ1) is 15.8. The number of nitrogens with zero attached hydrogens (tertiary/aromatic N) is 2. The molecule has 1 atom stereocenters. The molecule has 0 saturated carbocycles. The standard InChI is InChI=1S/C28H21ClN2S/c29-23-14-11-20(12-15-23)25-18-32-28-30-26-22(17-19-7-3-1-4-8-19)13-16-24(26)27(31(25)28)21-9-5-2-6-10-21/h1-12,14-15,17-18,27H,13,16H2/b22-17+. The molecule has 0 fully saturated rings. The molecule has 0 N–H and O–H groups in total. The minimum atomic E-state index is 0.150. The van der Waals surface area contributed by atoms with Crippen molar-refractivity contribution in [3.63, 3.8) is 0 Å². The van der Waals surface area contributed by atoms with Gasteiger partial charge in [0.1, 0.15) is 0 Å². The number of fused-ring (bicyclic) bond motifs is 1. The molecule has 2 heterocycles. The Hall–Kier alpha value is -3.01. The Morgan fingerprint density at radius 3 is 2.34 bits per heavy atom. The van der Waals surface area contributed by atoms with E-state index in [1.54, 1.807) is 11.8 Å². The van der Waals surface area contributed by atoms with Crippen LogP contribution in [0, 0.1) is 0 Å². The van der Waals surface area contributed by atoms with E-state index in [0.29, 0.717) is 0 Å². The summed E-state index contributed by atoms with van der Waals surface area (Å²) >= 11 is 7.87. The van der Waals surface area contributed by atoms with Crippen LogP contribution in [0.1, 0.15) is 35.6 Å². The number of amidine groups is 1. The lowest BCUT2D eigenvalue weighted by atomic mass is 9.93. The van der Waals surface area contributed by atoms with Crippen LogP contribution in [-0.4, -0.2) is 10.1 Å². The van der Waals surface area contributed by atoms with Crippen molar-refractivity contribution in [3.05, 3.63) is 129 Å². The van der Waals surface area contributed by atoms with Crippen molar-refractivity contribution < 1.29 is 0 Å². The number of rotatable bonds is 3. The lowest BCUT2D eigenvalue weighted by Gasteiger charge is -2.36. The third kappa shape index (κ3) is 3.42. The SMILES string of the molecule is Clc1ccc(C2=CSC3=NC4=C(CC/C4=C\c4ccccc4)C(c4ccccc4)N23)cc1. The number of thioether (sulfide) groups is 1. The highest BCUT2D eigenvalue weighted by Crippen LogP contribution is 2.52. The molecule has 0 radical (unpaired) electrons. The molecule has 0 saturated heterocycles. The topological polar surface area (TPSA) is 15.6 Å². The number of hydrogen-bond donors (Lipinski definition) is 0. The van der Waals surface area contributed by atoms with Crippen LogP contribution >= 0.6 is 23.4 Å². The quantitative estimate of drug-likeness (QED) is 0.401. The number of hydrogen-bond acceptors (Lipinski definition) is 3. The summed E-state index contributed by atoms with van der Waals surface area (Å²) in [5.74, 6) is 0. The fraction of sp³-hybridized carbons (Fsp3) is 0.107. The zero-order chi connectivity index (χ0) is 21.5. The molecule has 1 aliphatic carbocycles. The molecule has 2 aliphatic heterocycles. The minimum Gasteiger partial charge on any atom is -0.308 e. The highest BCUT2D eigenvalue weighted by Gasteiger charge is 2.41. The first kappa shape index (κ1) is 19.7. The second kappa shape index (κ2) is 8.16. The molecule has 3 aliphatic rings. The predicted octanol–water partition coefficient (Wildman–Crippen LogP) is 7.93. The van der Waals surface area contributed by atoms with Crippen LogP contribution in [0.15, 0.2) is 112 Å². The van der Waals surface area contributed by atoms with Gasteiger partial charge in [-0.3, -0.25) is 0 Å². The molecule has 1 unspecified atom stereocenters. The maximum Gasteiger partial charge on any atom is 0.174 e. The van der Waals surface area contributed by atoms with Crippen LogP contribution < -0.4 is 0 Å². The second-order valence-corrected chi connectivity index (χ2v) is 9.43. The lowest BCUT2D eigenvalue weighted by Crippen LogP contribution is -2.32. The van der Waals surface area contributed by atoms with E-state index in [2.05, 4.69) is 89.2 Å². The number of halogens is 1. The minimum absolute atomic E-state index is 0.150. The van der Waals surface area contributed by atoms with Gasteiger partial charge in [0, 0.05) is 10.4 Å². The van der Waals surface area contributed by atoms with Gasteiger partial charge in [0.2, 0.25) is 0 Å². The van der Waals surface area contributed by atoms with Crippen molar-refractivity contribution in [2.45, 2.75) is 18.9 Å². The van der Waals surface area contributed by atoms with Crippen LogP contribution in [-0.2, 0) is 0 Å².